The smallest absolute Gasteiger partial charge is 0.194 e. The summed E-state index contributed by atoms with van der Waals surface area (Å²) in [6, 6.07) is 3.92. The quantitative estimate of drug-likeness (QED) is 0.231. The predicted octanol–water partition coefficient (Wildman–Crippen LogP) is 3.87. The van der Waals surface area contributed by atoms with E-state index in [0.29, 0.717) is 18.4 Å². The van der Waals surface area contributed by atoms with Crippen LogP contribution in [0.5, 0.6) is 5.75 Å². The molecule has 1 saturated heterocycles. The zero-order valence-electron chi connectivity index (χ0n) is 18.5. The van der Waals surface area contributed by atoms with Crippen LogP contribution in [0.3, 0.4) is 0 Å². The maximum absolute atomic E-state index is 10.4. The van der Waals surface area contributed by atoms with Crippen LogP contribution in [0.25, 0.3) is 0 Å². The first-order chi connectivity index (χ1) is 14.2. The van der Waals surface area contributed by atoms with Gasteiger partial charge in [-0.25, -0.2) is 4.99 Å². The zero-order valence-corrected chi connectivity index (χ0v) is 20.8. The molecular formula is C23H38IN3O3. The molecule has 30 heavy (non-hydrogen) atoms. The van der Waals surface area contributed by atoms with Gasteiger partial charge >= 0.3 is 0 Å². The van der Waals surface area contributed by atoms with E-state index in [1.165, 1.54) is 24.0 Å². The number of ether oxygens (including phenoxy) is 2. The minimum absolute atomic E-state index is 0. The molecule has 0 amide bonds. The van der Waals surface area contributed by atoms with Crippen LogP contribution in [-0.2, 0) is 28.9 Å². The Morgan fingerprint density at radius 2 is 1.97 bits per heavy atom. The SMILES string of the molecule is CCNC(=NCc1c(O)ccc2c1CCCC2)N1CCC(OCCCOC)CC1.I. The van der Waals surface area contributed by atoms with Crippen LogP contribution in [0.4, 0.5) is 0 Å². The van der Waals surface area contributed by atoms with Gasteiger partial charge in [0.05, 0.1) is 12.6 Å². The van der Waals surface area contributed by atoms with Crippen LogP contribution < -0.4 is 5.32 Å². The molecule has 0 aromatic heterocycles. The number of hydrogen-bond donors (Lipinski definition) is 2. The summed E-state index contributed by atoms with van der Waals surface area (Å²) in [6.07, 6.45) is 7.92. The summed E-state index contributed by atoms with van der Waals surface area (Å²) in [5.41, 5.74) is 3.71. The molecule has 1 aromatic carbocycles. The first kappa shape index (κ1) is 25.2. The topological polar surface area (TPSA) is 66.3 Å². The summed E-state index contributed by atoms with van der Waals surface area (Å²) in [5.74, 6) is 1.33. The number of phenolic OH excluding ortho intramolecular Hbond substituents is 1. The fourth-order valence-electron chi connectivity index (χ4n) is 4.34. The number of fused-ring (bicyclic) bond motifs is 1. The van der Waals surface area contributed by atoms with Crippen molar-refractivity contribution in [2.45, 2.75) is 64.5 Å². The van der Waals surface area contributed by atoms with Gasteiger partial charge in [0.2, 0.25) is 0 Å². The Kier molecular flexibility index (Phi) is 11.2. The standard InChI is InChI=1S/C23H37N3O3.HI/c1-3-24-23(26-13-11-19(12-14-26)29-16-6-15-28-2)25-17-21-20-8-5-4-7-18(20)9-10-22(21)27;/h9-10,19,27H,3-8,11-17H2,1-2H3,(H,24,25);1H. The lowest BCUT2D eigenvalue weighted by Gasteiger charge is -2.34. The molecule has 1 fully saturated rings. The molecule has 7 heteroatoms. The van der Waals surface area contributed by atoms with Gasteiger partial charge in [-0.2, -0.15) is 0 Å². The number of likely N-dealkylation sites (tertiary alicyclic amines) is 1. The number of rotatable bonds is 8. The summed E-state index contributed by atoms with van der Waals surface area (Å²) in [4.78, 5) is 7.23. The van der Waals surface area contributed by atoms with E-state index in [1.807, 2.05) is 6.07 Å². The van der Waals surface area contributed by atoms with Crippen molar-refractivity contribution in [2.75, 3.05) is 40.0 Å². The number of nitrogens with one attached hydrogen (secondary N) is 1. The maximum atomic E-state index is 10.4. The Bertz CT molecular complexity index is 676. The molecule has 6 nitrogen and oxygen atoms in total. The van der Waals surface area contributed by atoms with Gasteiger partial charge in [0.15, 0.2) is 5.96 Å². The monoisotopic (exact) mass is 531 g/mol. The van der Waals surface area contributed by atoms with E-state index in [9.17, 15) is 5.11 Å². The molecule has 1 aliphatic heterocycles. The molecule has 0 radical (unpaired) electrons. The highest BCUT2D eigenvalue weighted by Gasteiger charge is 2.22. The molecule has 0 spiro atoms. The van der Waals surface area contributed by atoms with Crippen LogP contribution in [0, 0.1) is 0 Å². The Hall–Kier alpha value is -1.06. The van der Waals surface area contributed by atoms with E-state index in [4.69, 9.17) is 14.5 Å². The van der Waals surface area contributed by atoms with Crippen LogP contribution in [0.15, 0.2) is 17.1 Å². The second kappa shape index (κ2) is 13.4. The zero-order chi connectivity index (χ0) is 20.5. The van der Waals surface area contributed by atoms with Gasteiger partial charge in [-0.15, -0.1) is 24.0 Å². The fourth-order valence-corrected chi connectivity index (χ4v) is 4.34. The molecule has 2 N–H and O–H groups in total. The lowest BCUT2D eigenvalue weighted by atomic mass is 9.88. The minimum atomic E-state index is 0. The van der Waals surface area contributed by atoms with Gasteiger partial charge in [-0.05, 0) is 69.1 Å². The fraction of sp³-hybridized carbons (Fsp3) is 0.696. The summed E-state index contributed by atoms with van der Waals surface area (Å²) >= 11 is 0. The number of halogens is 1. The third kappa shape index (κ3) is 6.99. The van der Waals surface area contributed by atoms with Gasteiger partial charge in [0, 0.05) is 45.5 Å². The summed E-state index contributed by atoms with van der Waals surface area (Å²) in [5, 5.41) is 13.9. The Balaban J connectivity index is 0.00000320. The number of aliphatic imine (C=N–C) groups is 1. The van der Waals surface area contributed by atoms with Crippen molar-refractivity contribution >= 4 is 29.9 Å². The highest BCUT2D eigenvalue weighted by atomic mass is 127. The number of benzene rings is 1. The van der Waals surface area contributed by atoms with Gasteiger partial charge in [-0.1, -0.05) is 6.07 Å². The van der Waals surface area contributed by atoms with Crippen LogP contribution in [-0.4, -0.2) is 62.0 Å². The number of hydrogen-bond acceptors (Lipinski definition) is 4. The molecule has 1 heterocycles. The van der Waals surface area contributed by atoms with Crippen molar-refractivity contribution in [3.63, 3.8) is 0 Å². The first-order valence-electron chi connectivity index (χ1n) is 11.2. The molecule has 1 aromatic rings. The van der Waals surface area contributed by atoms with Gasteiger partial charge < -0.3 is 24.8 Å². The van der Waals surface area contributed by atoms with Crippen molar-refractivity contribution in [1.82, 2.24) is 10.2 Å². The molecule has 1 aliphatic carbocycles. The third-order valence-corrected chi connectivity index (χ3v) is 5.94. The van der Waals surface area contributed by atoms with Crippen LogP contribution >= 0.6 is 24.0 Å². The molecule has 0 bridgehead atoms. The molecule has 170 valence electrons. The Labute approximate surface area is 198 Å². The Morgan fingerprint density at radius 3 is 2.70 bits per heavy atom. The molecule has 2 aliphatic rings. The number of phenols is 1. The number of guanidine groups is 1. The minimum Gasteiger partial charge on any atom is -0.508 e. The maximum Gasteiger partial charge on any atom is 0.194 e. The average molecular weight is 531 g/mol. The summed E-state index contributed by atoms with van der Waals surface area (Å²) in [6.45, 7) is 6.88. The molecule has 0 unspecified atom stereocenters. The summed E-state index contributed by atoms with van der Waals surface area (Å²) < 4.78 is 11.1. The van der Waals surface area contributed by atoms with Crippen molar-refractivity contribution in [1.29, 1.82) is 0 Å². The third-order valence-electron chi connectivity index (χ3n) is 5.94. The number of aryl methyl sites for hydroxylation is 1. The molecule has 0 atom stereocenters. The molecule has 3 rings (SSSR count). The molecule has 0 saturated carbocycles. The highest BCUT2D eigenvalue weighted by molar-refractivity contribution is 14.0. The van der Waals surface area contributed by atoms with Gasteiger partial charge in [0.1, 0.15) is 5.75 Å². The van der Waals surface area contributed by atoms with Crippen molar-refractivity contribution in [3.8, 4) is 5.75 Å². The predicted molar refractivity (Wildman–Crippen MR) is 132 cm³/mol. The van der Waals surface area contributed by atoms with E-state index in [2.05, 4.69) is 23.2 Å². The Morgan fingerprint density at radius 1 is 1.20 bits per heavy atom. The van der Waals surface area contributed by atoms with Crippen LogP contribution in [0.2, 0.25) is 0 Å². The van der Waals surface area contributed by atoms with Crippen molar-refractivity contribution < 1.29 is 14.6 Å². The van der Waals surface area contributed by atoms with Crippen molar-refractivity contribution in [2.24, 2.45) is 4.99 Å². The van der Waals surface area contributed by atoms with E-state index in [-0.39, 0.29) is 24.0 Å². The largest absolute Gasteiger partial charge is 0.508 e. The van der Waals surface area contributed by atoms with Gasteiger partial charge in [0.25, 0.3) is 0 Å². The van der Waals surface area contributed by atoms with Crippen LogP contribution in [0.1, 0.15) is 55.7 Å². The number of nitrogens with zero attached hydrogens (tertiary/aromatic N) is 2. The lowest BCUT2D eigenvalue weighted by molar-refractivity contribution is 0.00990. The van der Waals surface area contributed by atoms with E-state index < -0.39 is 0 Å². The van der Waals surface area contributed by atoms with E-state index >= 15 is 0 Å². The number of piperidine rings is 1. The average Bonchev–Trinajstić information content (AvgIpc) is 2.76. The van der Waals surface area contributed by atoms with Gasteiger partial charge in [-0.3, -0.25) is 0 Å². The van der Waals surface area contributed by atoms with E-state index in [1.54, 1.807) is 7.11 Å². The lowest BCUT2D eigenvalue weighted by Crippen LogP contribution is -2.47. The van der Waals surface area contributed by atoms with E-state index in [0.717, 1.165) is 76.5 Å². The normalized spacial score (nSPS) is 17.4. The number of aromatic hydroxyl groups is 1. The molecular weight excluding hydrogens is 493 g/mol. The highest BCUT2D eigenvalue weighted by Crippen LogP contribution is 2.31. The first-order valence-corrected chi connectivity index (χ1v) is 11.2. The second-order valence-electron chi connectivity index (χ2n) is 7.98. The summed E-state index contributed by atoms with van der Waals surface area (Å²) in [7, 11) is 1.73. The second-order valence-corrected chi connectivity index (χ2v) is 7.98. The number of methoxy groups -OCH3 is 1. The van der Waals surface area contributed by atoms with Crippen molar-refractivity contribution in [3.05, 3.63) is 28.8 Å².